The molecule has 1 amide bonds. The highest BCUT2D eigenvalue weighted by atomic mass is 32.1. The van der Waals surface area contributed by atoms with Crippen LogP contribution in [0.15, 0.2) is 41.8 Å². The van der Waals surface area contributed by atoms with E-state index in [0.717, 1.165) is 10.4 Å². The average molecular weight is 302 g/mol. The highest BCUT2D eigenvalue weighted by Gasteiger charge is 2.03. The minimum atomic E-state index is -0.455. The molecule has 0 fully saturated rings. The van der Waals surface area contributed by atoms with Gasteiger partial charge < -0.3 is 5.32 Å². The monoisotopic (exact) mass is 302 g/mol. The second-order valence-electron chi connectivity index (χ2n) is 4.43. The molecule has 0 spiro atoms. The summed E-state index contributed by atoms with van der Waals surface area (Å²) in [7, 11) is 0. The number of nitrogens with zero attached hydrogens (tertiary/aromatic N) is 1. The molecular formula is C15H14N2O3S. The number of amides is 1. The second-order valence-corrected chi connectivity index (χ2v) is 5.43. The minimum Gasteiger partial charge on any atom is -0.348 e. The predicted molar refractivity (Wildman–Crippen MR) is 83.0 cm³/mol. The lowest BCUT2D eigenvalue weighted by molar-refractivity contribution is -0.384. The molecule has 0 bridgehead atoms. The van der Waals surface area contributed by atoms with Gasteiger partial charge in [-0.3, -0.25) is 14.9 Å². The smallest absolute Gasteiger partial charge is 0.269 e. The van der Waals surface area contributed by atoms with E-state index in [4.69, 9.17) is 0 Å². The maximum atomic E-state index is 11.7. The summed E-state index contributed by atoms with van der Waals surface area (Å²) in [4.78, 5) is 22.9. The van der Waals surface area contributed by atoms with Crippen LogP contribution in [0.4, 0.5) is 5.69 Å². The summed E-state index contributed by atoms with van der Waals surface area (Å²) < 4.78 is 0. The van der Waals surface area contributed by atoms with Gasteiger partial charge in [-0.15, -0.1) is 11.3 Å². The topological polar surface area (TPSA) is 72.2 Å². The van der Waals surface area contributed by atoms with Crippen LogP contribution in [0.3, 0.4) is 0 Å². The number of hydrogen-bond donors (Lipinski definition) is 1. The van der Waals surface area contributed by atoms with E-state index in [1.54, 1.807) is 29.5 Å². The SMILES string of the molecule is Cc1ccsc1CNC(=O)/C=C/c1ccc([N+](=O)[O-])cc1. The van der Waals surface area contributed by atoms with E-state index in [0.29, 0.717) is 6.54 Å². The number of thiophene rings is 1. The fourth-order valence-corrected chi connectivity index (χ4v) is 2.54. The highest BCUT2D eigenvalue weighted by molar-refractivity contribution is 7.10. The van der Waals surface area contributed by atoms with Crippen LogP contribution >= 0.6 is 11.3 Å². The summed E-state index contributed by atoms with van der Waals surface area (Å²) in [5, 5.41) is 15.3. The maximum absolute atomic E-state index is 11.7. The number of rotatable bonds is 5. The van der Waals surface area contributed by atoms with Crippen molar-refractivity contribution >= 4 is 29.0 Å². The second kappa shape index (κ2) is 6.81. The molecule has 0 aliphatic heterocycles. The third-order valence-electron chi connectivity index (χ3n) is 2.92. The third kappa shape index (κ3) is 4.25. The van der Waals surface area contributed by atoms with E-state index in [9.17, 15) is 14.9 Å². The van der Waals surface area contributed by atoms with Crippen LogP contribution in [0.25, 0.3) is 6.08 Å². The third-order valence-corrected chi connectivity index (χ3v) is 3.95. The zero-order valence-corrected chi connectivity index (χ0v) is 12.2. The molecule has 6 heteroatoms. The molecule has 1 heterocycles. The number of hydrogen-bond acceptors (Lipinski definition) is 4. The fraction of sp³-hybridized carbons (Fsp3) is 0.133. The normalized spacial score (nSPS) is 10.7. The van der Waals surface area contributed by atoms with Crippen molar-refractivity contribution < 1.29 is 9.72 Å². The molecule has 0 atom stereocenters. The van der Waals surface area contributed by atoms with Crippen molar-refractivity contribution in [3.63, 3.8) is 0 Å². The molecule has 1 aromatic heterocycles. The van der Waals surface area contributed by atoms with Crippen LogP contribution < -0.4 is 5.32 Å². The van der Waals surface area contributed by atoms with Gasteiger partial charge in [-0.2, -0.15) is 0 Å². The van der Waals surface area contributed by atoms with Crippen LogP contribution in [-0.2, 0) is 11.3 Å². The molecule has 0 saturated heterocycles. The fourth-order valence-electron chi connectivity index (χ4n) is 1.69. The maximum Gasteiger partial charge on any atom is 0.269 e. The number of benzene rings is 1. The molecule has 5 nitrogen and oxygen atoms in total. The number of non-ortho nitro benzene ring substituents is 1. The average Bonchev–Trinajstić information content (AvgIpc) is 2.88. The molecule has 0 aliphatic rings. The van der Waals surface area contributed by atoms with Gasteiger partial charge in [0, 0.05) is 23.1 Å². The Kier molecular flexibility index (Phi) is 4.84. The van der Waals surface area contributed by atoms with Gasteiger partial charge in [0.15, 0.2) is 0 Å². The van der Waals surface area contributed by atoms with Crippen LogP contribution in [0, 0.1) is 17.0 Å². The summed E-state index contributed by atoms with van der Waals surface area (Å²) in [6.45, 7) is 2.51. The Labute approximate surface area is 126 Å². The molecule has 0 radical (unpaired) electrons. The Balaban J connectivity index is 1.89. The molecular weight excluding hydrogens is 288 g/mol. The predicted octanol–water partition coefficient (Wildman–Crippen LogP) is 3.29. The van der Waals surface area contributed by atoms with E-state index in [2.05, 4.69) is 5.32 Å². The number of carbonyl (C=O) groups is 1. The van der Waals surface area contributed by atoms with Crippen molar-refractivity contribution in [2.75, 3.05) is 0 Å². The lowest BCUT2D eigenvalue weighted by Crippen LogP contribution is -2.19. The first-order chi connectivity index (χ1) is 10.1. The molecule has 1 aromatic carbocycles. The van der Waals surface area contributed by atoms with E-state index >= 15 is 0 Å². The highest BCUT2D eigenvalue weighted by Crippen LogP contribution is 2.15. The molecule has 0 aliphatic carbocycles. The summed E-state index contributed by atoms with van der Waals surface area (Å²) in [5.74, 6) is -0.193. The molecule has 2 aromatic rings. The van der Waals surface area contributed by atoms with Crippen LogP contribution in [-0.4, -0.2) is 10.8 Å². The first-order valence-corrected chi connectivity index (χ1v) is 7.17. The molecule has 0 saturated carbocycles. The van der Waals surface area contributed by atoms with Crippen molar-refractivity contribution in [2.24, 2.45) is 0 Å². The summed E-state index contributed by atoms with van der Waals surface area (Å²) >= 11 is 1.61. The quantitative estimate of drug-likeness (QED) is 0.523. The number of aryl methyl sites for hydroxylation is 1. The Hall–Kier alpha value is -2.47. The van der Waals surface area contributed by atoms with Gasteiger partial charge in [-0.05, 0) is 47.7 Å². The van der Waals surface area contributed by atoms with Crippen LogP contribution in [0.2, 0.25) is 0 Å². The number of nitro groups is 1. The van der Waals surface area contributed by atoms with Gasteiger partial charge in [-0.1, -0.05) is 0 Å². The van der Waals surface area contributed by atoms with Crippen molar-refractivity contribution in [1.82, 2.24) is 5.32 Å². The van der Waals surface area contributed by atoms with Crippen molar-refractivity contribution in [2.45, 2.75) is 13.5 Å². The van der Waals surface area contributed by atoms with Gasteiger partial charge in [-0.25, -0.2) is 0 Å². The van der Waals surface area contributed by atoms with Gasteiger partial charge in [0.1, 0.15) is 0 Å². The van der Waals surface area contributed by atoms with Crippen molar-refractivity contribution in [3.05, 3.63) is 67.9 Å². The van der Waals surface area contributed by atoms with Gasteiger partial charge in [0.2, 0.25) is 5.91 Å². The summed E-state index contributed by atoms with van der Waals surface area (Å²) in [5.41, 5.74) is 1.94. The number of carbonyl (C=O) groups excluding carboxylic acids is 1. The van der Waals surface area contributed by atoms with Crippen LogP contribution in [0.1, 0.15) is 16.0 Å². The molecule has 0 unspecified atom stereocenters. The van der Waals surface area contributed by atoms with Crippen molar-refractivity contribution in [1.29, 1.82) is 0 Å². The molecule has 1 N–H and O–H groups in total. The summed E-state index contributed by atoms with van der Waals surface area (Å²) in [6.07, 6.45) is 3.05. The van der Waals surface area contributed by atoms with E-state index < -0.39 is 4.92 Å². The first-order valence-electron chi connectivity index (χ1n) is 6.29. The zero-order valence-electron chi connectivity index (χ0n) is 11.4. The van der Waals surface area contributed by atoms with E-state index in [1.807, 2.05) is 18.4 Å². The van der Waals surface area contributed by atoms with Crippen molar-refractivity contribution in [3.8, 4) is 0 Å². The standard InChI is InChI=1S/C15H14N2O3S/c1-11-8-9-21-14(11)10-16-15(18)7-4-12-2-5-13(6-3-12)17(19)20/h2-9H,10H2,1H3,(H,16,18)/b7-4+. The molecule has 21 heavy (non-hydrogen) atoms. The first kappa shape index (κ1) is 14.9. The minimum absolute atomic E-state index is 0.0322. The van der Waals surface area contributed by atoms with Crippen LogP contribution in [0.5, 0.6) is 0 Å². The largest absolute Gasteiger partial charge is 0.348 e. The van der Waals surface area contributed by atoms with Gasteiger partial charge in [0.25, 0.3) is 5.69 Å². The Morgan fingerprint density at radius 3 is 2.62 bits per heavy atom. The summed E-state index contributed by atoms with van der Waals surface area (Å²) in [6, 6.07) is 8.04. The Bertz CT molecular complexity index is 674. The van der Waals surface area contributed by atoms with E-state index in [-0.39, 0.29) is 11.6 Å². The lowest BCUT2D eigenvalue weighted by Gasteiger charge is -2.01. The van der Waals surface area contributed by atoms with Gasteiger partial charge >= 0.3 is 0 Å². The Morgan fingerprint density at radius 1 is 1.33 bits per heavy atom. The van der Waals surface area contributed by atoms with E-state index in [1.165, 1.54) is 23.8 Å². The lowest BCUT2D eigenvalue weighted by atomic mass is 10.2. The number of nitro benzene ring substituents is 1. The molecule has 2 rings (SSSR count). The zero-order chi connectivity index (χ0) is 15.2. The van der Waals surface area contributed by atoms with Gasteiger partial charge in [0.05, 0.1) is 11.5 Å². The molecule has 108 valence electrons. The number of nitrogens with one attached hydrogen (secondary N) is 1. The Morgan fingerprint density at radius 2 is 2.05 bits per heavy atom.